The van der Waals surface area contributed by atoms with Crippen molar-refractivity contribution in [2.24, 2.45) is 0 Å². The maximum Gasteiger partial charge on any atom is 0.161 e. The van der Waals surface area contributed by atoms with Gasteiger partial charge in [-0.25, -0.2) is 0 Å². The summed E-state index contributed by atoms with van der Waals surface area (Å²) in [5, 5.41) is 2.60. The summed E-state index contributed by atoms with van der Waals surface area (Å²) < 4.78 is 0. The lowest BCUT2D eigenvalue weighted by molar-refractivity contribution is 1.09. The maximum atomic E-state index is 6.85. The molecule has 1 unspecified atom stereocenters. The highest BCUT2D eigenvalue weighted by molar-refractivity contribution is 7.20. The smallest absolute Gasteiger partial charge is 0.161 e. The first-order chi connectivity index (χ1) is 11.5. The van der Waals surface area contributed by atoms with Gasteiger partial charge in [-0.3, -0.25) is 0 Å². The summed E-state index contributed by atoms with van der Waals surface area (Å²) in [4.78, 5) is 0. The van der Waals surface area contributed by atoms with Crippen molar-refractivity contribution in [3.05, 3.63) is 77.4 Å². The lowest BCUT2D eigenvalue weighted by Gasteiger charge is -2.25. The highest BCUT2D eigenvalue weighted by Gasteiger charge is 2.37. The fraction of sp³-hybridized carbons (Fsp3) is 0.182. The van der Waals surface area contributed by atoms with Crippen LogP contribution in [0.4, 0.5) is 0 Å². The van der Waals surface area contributed by atoms with E-state index in [-0.39, 0.29) is 0 Å². The minimum atomic E-state index is -1.81. The highest BCUT2D eigenvalue weighted by Crippen LogP contribution is 2.47. The lowest BCUT2D eigenvalue weighted by Crippen LogP contribution is -2.28. The third-order valence-electron chi connectivity index (χ3n) is 5.04. The Morgan fingerprint density at radius 1 is 0.833 bits per heavy atom. The molecule has 1 aliphatic rings. The zero-order valence-corrected chi connectivity index (χ0v) is 16.1. The first-order valence-electron chi connectivity index (χ1n) is 8.45. The van der Waals surface area contributed by atoms with Gasteiger partial charge >= 0.3 is 0 Å². The Kier molecular flexibility index (Phi) is 3.67. The standard InChI is InChI=1S/C22H21ClSi/c1-15-14-21-19(12-7-13-20(21)22(15)24(2,3)23)18-11-6-9-16-8-4-5-10-17(16)18/h4-14,22H,1-3H3. The van der Waals surface area contributed by atoms with E-state index < -0.39 is 7.38 Å². The predicted octanol–water partition coefficient (Wildman–Crippen LogP) is 6.99. The lowest BCUT2D eigenvalue weighted by atomic mass is 9.93. The van der Waals surface area contributed by atoms with E-state index >= 15 is 0 Å². The number of halogens is 1. The van der Waals surface area contributed by atoms with Crippen LogP contribution in [0.5, 0.6) is 0 Å². The van der Waals surface area contributed by atoms with E-state index in [4.69, 9.17) is 11.1 Å². The quantitative estimate of drug-likeness (QED) is 0.346. The summed E-state index contributed by atoms with van der Waals surface area (Å²) in [6.45, 7) is 6.72. The molecule has 4 rings (SSSR count). The molecule has 0 bridgehead atoms. The van der Waals surface area contributed by atoms with E-state index in [1.165, 1.54) is 38.6 Å². The number of allylic oxidation sites excluding steroid dienone is 1. The Bertz CT molecular complexity index is 958. The molecule has 0 aliphatic heterocycles. The molecule has 0 heterocycles. The molecule has 0 nitrogen and oxygen atoms in total. The van der Waals surface area contributed by atoms with Gasteiger partial charge in [-0.15, -0.1) is 0 Å². The van der Waals surface area contributed by atoms with Crippen molar-refractivity contribution >= 4 is 35.3 Å². The van der Waals surface area contributed by atoms with Crippen molar-refractivity contribution in [3.63, 3.8) is 0 Å². The predicted molar refractivity (Wildman–Crippen MR) is 109 cm³/mol. The molecule has 0 N–H and O–H groups in total. The van der Waals surface area contributed by atoms with Gasteiger partial charge in [0.05, 0.1) is 0 Å². The summed E-state index contributed by atoms with van der Waals surface area (Å²) >= 11 is 6.85. The van der Waals surface area contributed by atoms with E-state index in [1.807, 2.05) is 0 Å². The fourth-order valence-electron chi connectivity index (χ4n) is 4.16. The van der Waals surface area contributed by atoms with Gasteiger partial charge in [0.15, 0.2) is 7.38 Å². The van der Waals surface area contributed by atoms with E-state index in [9.17, 15) is 0 Å². The number of hydrogen-bond acceptors (Lipinski definition) is 0. The van der Waals surface area contributed by atoms with Crippen molar-refractivity contribution in [1.82, 2.24) is 0 Å². The van der Waals surface area contributed by atoms with Crippen LogP contribution in [0.3, 0.4) is 0 Å². The van der Waals surface area contributed by atoms with Crippen LogP contribution in [0.25, 0.3) is 28.0 Å². The molecular weight excluding hydrogens is 328 g/mol. The van der Waals surface area contributed by atoms with Crippen molar-refractivity contribution in [2.75, 3.05) is 0 Å². The Morgan fingerprint density at radius 3 is 2.29 bits per heavy atom. The molecule has 0 saturated carbocycles. The van der Waals surface area contributed by atoms with Crippen LogP contribution in [-0.2, 0) is 0 Å². The topological polar surface area (TPSA) is 0 Å². The van der Waals surface area contributed by atoms with Gasteiger partial charge < -0.3 is 0 Å². The summed E-state index contributed by atoms with van der Waals surface area (Å²) in [5.74, 6) is 0. The molecule has 3 aromatic carbocycles. The first-order valence-corrected chi connectivity index (χ1v) is 12.5. The van der Waals surface area contributed by atoms with Gasteiger partial charge in [0.25, 0.3) is 0 Å². The molecule has 0 amide bonds. The van der Waals surface area contributed by atoms with Crippen LogP contribution in [0, 0.1) is 0 Å². The van der Waals surface area contributed by atoms with Crippen LogP contribution >= 0.6 is 11.1 Å². The molecule has 1 atom stereocenters. The largest absolute Gasteiger partial charge is 0.167 e. The van der Waals surface area contributed by atoms with Gasteiger partial charge in [-0.1, -0.05) is 85.4 Å². The molecule has 24 heavy (non-hydrogen) atoms. The maximum absolute atomic E-state index is 6.85. The second kappa shape index (κ2) is 5.61. The van der Waals surface area contributed by atoms with E-state index in [0.717, 1.165) is 0 Å². The number of hydrogen-bond donors (Lipinski definition) is 0. The Labute approximate surface area is 149 Å². The minimum Gasteiger partial charge on any atom is -0.167 e. The van der Waals surface area contributed by atoms with Gasteiger partial charge in [-0.05, 0) is 39.9 Å². The van der Waals surface area contributed by atoms with Gasteiger partial charge in [-0.2, -0.15) is 11.1 Å². The van der Waals surface area contributed by atoms with Crippen LogP contribution in [0.2, 0.25) is 13.1 Å². The summed E-state index contributed by atoms with van der Waals surface area (Å²) in [6.07, 6.45) is 2.36. The summed E-state index contributed by atoms with van der Waals surface area (Å²) in [7, 11) is -1.81. The van der Waals surface area contributed by atoms with Crippen molar-refractivity contribution in [2.45, 2.75) is 25.6 Å². The molecule has 2 heteroatoms. The molecule has 120 valence electrons. The fourth-order valence-corrected chi connectivity index (χ4v) is 7.18. The van der Waals surface area contributed by atoms with Crippen LogP contribution < -0.4 is 0 Å². The summed E-state index contributed by atoms with van der Waals surface area (Å²) in [6, 6.07) is 21.9. The van der Waals surface area contributed by atoms with E-state index in [0.29, 0.717) is 5.54 Å². The zero-order valence-electron chi connectivity index (χ0n) is 14.3. The van der Waals surface area contributed by atoms with Gasteiger partial charge in [0.1, 0.15) is 0 Å². The molecule has 3 aromatic rings. The van der Waals surface area contributed by atoms with E-state index in [1.54, 1.807) is 0 Å². The Morgan fingerprint density at radius 2 is 1.50 bits per heavy atom. The van der Waals surface area contributed by atoms with Crippen molar-refractivity contribution in [1.29, 1.82) is 0 Å². The third-order valence-corrected chi connectivity index (χ3v) is 7.84. The van der Waals surface area contributed by atoms with Crippen LogP contribution in [0.15, 0.2) is 66.2 Å². The van der Waals surface area contributed by atoms with E-state index in [2.05, 4.69) is 86.8 Å². The molecular formula is C22H21ClSi. The number of rotatable bonds is 2. The number of benzene rings is 3. The first kappa shape index (κ1) is 15.7. The van der Waals surface area contributed by atoms with Crippen LogP contribution in [0.1, 0.15) is 23.6 Å². The minimum absolute atomic E-state index is 0.407. The Hall–Kier alpha value is -1.83. The molecule has 0 radical (unpaired) electrons. The third kappa shape index (κ3) is 2.43. The molecule has 0 saturated heterocycles. The second-order valence-electron chi connectivity index (χ2n) is 7.22. The average Bonchev–Trinajstić information content (AvgIpc) is 2.90. The molecule has 0 spiro atoms. The normalized spacial score (nSPS) is 17.0. The Balaban J connectivity index is 1.98. The monoisotopic (exact) mass is 348 g/mol. The van der Waals surface area contributed by atoms with Crippen molar-refractivity contribution in [3.8, 4) is 11.1 Å². The van der Waals surface area contributed by atoms with Crippen molar-refractivity contribution < 1.29 is 0 Å². The summed E-state index contributed by atoms with van der Waals surface area (Å²) in [5.41, 5.74) is 7.21. The molecule has 0 aromatic heterocycles. The molecule has 0 fully saturated rings. The number of fused-ring (bicyclic) bond motifs is 2. The highest BCUT2D eigenvalue weighted by atomic mass is 35.6. The average molecular weight is 349 g/mol. The van der Waals surface area contributed by atoms with Crippen LogP contribution in [-0.4, -0.2) is 7.38 Å². The van der Waals surface area contributed by atoms with Gasteiger partial charge in [0, 0.05) is 5.54 Å². The zero-order chi connectivity index (χ0) is 16.9. The van der Waals surface area contributed by atoms with Gasteiger partial charge in [0.2, 0.25) is 0 Å². The molecule has 1 aliphatic carbocycles. The SMILES string of the molecule is CC1=Cc2c(-c3cccc4ccccc34)cccc2C1[Si](C)(C)Cl. The second-order valence-corrected chi connectivity index (χ2v) is 13.8.